The van der Waals surface area contributed by atoms with Gasteiger partial charge in [-0.25, -0.2) is 8.42 Å². The highest BCUT2D eigenvalue weighted by molar-refractivity contribution is 7.92. The average molecular weight is 482 g/mol. The summed E-state index contributed by atoms with van der Waals surface area (Å²) in [6.45, 7) is 6.07. The summed E-state index contributed by atoms with van der Waals surface area (Å²) in [5, 5.41) is 11.5. The molecule has 0 saturated heterocycles. The van der Waals surface area contributed by atoms with Gasteiger partial charge >= 0.3 is 0 Å². The predicted molar refractivity (Wildman–Crippen MR) is 126 cm³/mol. The Morgan fingerprint density at radius 1 is 1.26 bits per heavy atom. The molecule has 0 bridgehead atoms. The number of sulfonamides is 1. The number of benzene rings is 2. The Kier molecular flexibility index (Phi) is 6.37. The minimum atomic E-state index is -3.95. The highest BCUT2D eigenvalue weighted by Gasteiger charge is 2.23. The summed E-state index contributed by atoms with van der Waals surface area (Å²) in [5.74, 6) is 0.0741. The van der Waals surface area contributed by atoms with E-state index in [0.29, 0.717) is 24.1 Å². The van der Waals surface area contributed by atoms with Crippen LogP contribution < -0.4 is 14.8 Å². The largest absolute Gasteiger partial charge is 0.495 e. The SMILES string of the molecule is C=CC(=O)NCc1cnn(Cc2cc(C)c3c(NS(=O)(=O)c4ccccc4OC)noc3c2)c1. The molecule has 2 aromatic carbocycles. The van der Waals surface area contributed by atoms with Crippen LogP contribution in [0.15, 0.2) is 70.9 Å². The normalized spacial score (nSPS) is 11.4. The number of aromatic nitrogens is 3. The quantitative estimate of drug-likeness (QED) is 0.352. The second-order valence-electron chi connectivity index (χ2n) is 7.54. The maximum absolute atomic E-state index is 12.9. The van der Waals surface area contributed by atoms with Crippen molar-refractivity contribution < 1.29 is 22.5 Å². The Hall–Kier alpha value is -4.12. The van der Waals surface area contributed by atoms with E-state index in [1.165, 1.54) is 19.3 Å². The van der Waals surface area contributed by atoms with E-state index in [1.807, 2.05) is 19.2 Å². The third-order valence-electron chi connectivity index (χ3n) is 5.10. The molecule has 0 unspecified atom stereocenters. The van der Waals surface area contributed by atoms with Gasteiger partial charge in [0.1, 0.15) is 10.6 Å². The number of para-hydroxylation sites is 1. The molecule has 34 heavy (non-hydrogen) atoms. The number of methoxy groups -OCH3 is 1. The number of rotatable bonds is 9. The lowest BCUT2D eigenvalue weighted by Gasteiger charge is -2.10. The van der Waals surface area contributed by atoms with Crippen LogP contribution in [0.5, 0.6) is 5.75 Å². The first kappa shape index (κ1) is 23.1. The van der Waals surface area contributed by atoms with Gasteiger partial charge in [-0.15, -0.1) is 0 Å². The summed E-state index contributed by atoms with van der Waals surface area (Å²) in [5.41, 5.74) is 2.97. The molecule has 0 radical (unpaired) electrons. The topological polar surface area (TPSA) is 128 Å². The minimum Gasteiger partial charge on any atom is -0.495 e. The number of ether oxygens (including phenoxy) is 1. The van der Waals surface area contributed by atoms with Gasteiger partial charge in [0.05, 0.1) is 25.2 Å². The van der Waals surface area contributed by atoms with E-state index in [9.17, 15) is 13.2 Å². The molecule has 0 spiro atoms. The van der Waals surface area contributed by atoms with Gasteiger partial charge in [-0.3, -0.25) is 14.2 Å². The number of nitrogens with zero attached hydrogens (tertiary/aromatic N) is 3. The van der Waals surface area contributed by atoms with Crippen molar-refractivity contribution in [1.82, 2.24) is 20.3 Å². The lowest BCUT2D eigenvalue weighted by Crippen LogP contribution is -2.19. The molecule has 0 fully saturated rings. The Bertz CT molecular complexity index is 1470. The summed E-state index contributed by atoms with van der Waals surface area (Å²) in [4.78, 5) is 11.3. The van der Waals surface area contributed by atoms with Gasteiger partial charge in [0.2, 0.25) is 5.91 Å². The van der Waals surface area contributed by atoms with Crippen LogP contribution >= 0.6 is 0 Å². The van der Waals surface area contributed by atoms with Crippen molar-refractivity contribution in [1.29, 1.82) is 0 Å². The first-order chi connectivity index (χ1) is 16.3. The van der Waals surface area contributed by atoms with Crippen molar-refractivity contribution in [3.8, 4) is 5.75 Å². The van der Waals surface area contributed by atoms with Crippen molar-refractivity contribution in [2.75, 3.05) is 11.8 Å². The molecule has 0 aliphatic rings. The molecule has 10 nitrogen and oxygen atoms in total. The van der Waals surface area contributed by atoms with Crippen LogP contribution in [-0.4, -0.2) is 36.4 Å². The van der Waals surface area contributed by atoms with E-state index in [0.717, 1.165) is 16.7 Å². The fraction of sp³-hybridized carbons (Fsp3) is 0.174. The van der Waals surface area contributed by atoms with Gasteiger partial charge in [0, 0.05) is 18.3 Å². The number of nitrogens with one attached hydrogen (secondary N) is 2. The number of anilines is 1. The zero-order valence-corrected chi connectivity index (χ0v) is 19.4. The van der Waals surface area contributed by atoms with E-state index < -0.39 is 10.0 Å². The fourth-order valence-electron chi connectivity index (χ4n) is 3.56. The molecule has 0 atom stereocenters. The molecule has 4 aromatic rings. The van der Waals surface area contributed by atoms with Crippen LogP contribution in [0, 0.1) is 6.92 Å². The predicted octanol–water partition coefficient (Wildman–Crippen LogP) is 2.99. The molecule has 176 valence electrons. The van der Waals surface area contributed by atoms with Gasteiger partial charge in [-0.05, 0) is 42.3 Å². The number of carbonyl (C=O) groups is 1. The van der Waals surface area contributed by atoms with Gasteiger partial charge in [-0.1, -0.05) is 29.9 Å². The highest BCUT2D eigenvalue weighted by atomic mass is 32.2. The van der Waals surface area contributed by atoms with Crippen molar-refractivity contribution in [3.05, 3.63) is 78.1 Å². The van der Waals surface area contributed by atoms with Gasteiger partial charge in [-0.2, -0.15) is 5.10 Å². The summed E-state index contributed by atoms with van der Waals surface area (Å²) in [7, 11) is -2.54. The standard InChI is InChI=1S/C23H23N5O5S/c1-4-21(29)24-11-17-12-25-28(14-17)13-16-9-15(2)22-19(10-16)33-26-23(22)27-34(30,31)20-8-6-5-7-18(20)32-3/h4-10,12,14H,1,11,13H2,2-3H3,(H,24,29)(H,26,27). The first-order valence-electron chi connectivity index (χ1n) is 10.3. The second kappa shape index (κ2) is 9.40. The fourth-order valence-corrected chi connectivity index (χ4v) is 4.74. The summed E-state index contributed by atoms with van der Waals surface area (Å²) in [6.07, 6.45) is 4.72. The number of aryl methyl sites for hydroxylation is 1. The zero-order valence-electron chi connectivity index (χ0n) is 18.6. The van der Waals surface area contributed by atoms with Crippen LogP contribution in [0.25, 0.3) is 11.0 Å². The lowest BCUT2D eigenvalue weighted by atomic mass is 10.1. The molecule has 0 aliphatic carbocycles. The van der Waals surface area contributed by atoms with Crippen LogP contribution in [0.2, 0.25) is 0 Å². The highest BCUT2D eigenvalue weighted by Crippen LogP contribution is 2.31. The van der Waals surface area contributed by atoms with Crippen molar-refractivity contribution >= 4 is 32.7 Å². The Morgan fingerprint density at radius 3 is 2.82 bits per heavy atom. The van der Waals surface area contributed by atoms with E-state index in [1.54, 1.807) is 35.1 Å². The Labute approximate surface area is 196 Å². The van der Waals surface area contributed by atoms with Gasteiger partial charge < -0.3 is 14.6 Å². The number of carbonyl (C=O) groups excluding carboxylic acids is 1. The van der Waals surface area contributed by atoms with E-state index >= 15 is 0 Å². The van der Waals surface area contributed by atoms with Gasteiger partial charge in [0.25, 0.3) is 10.0 Å². The van der Waals surface area contributed by atoms with Crippen LogP contribution in [0.4, 0.5) is 5.82 Å². The third-order valence-corrected chi connectivity index (χ3v) is 6.48. The maximum atomic E-state index is 12.9. The lowest BCUT2D eigenvalue weighted by molar-refractivity contribution is -0.116. The summed E-state index contributed by atoms with van der Waals surface area (Å²) in [6, 6.07) is 10.0. The van der Waals surface area contributed by atoms with E-state index in [2.05, 4.69) is 26.9 Å². The number of fused-ring (bicyclic) bond motifs is 1. The smallest absolute Gasteiger partial charge is 0.266 e. The molecule has 4 rings (SSSR count). The maximum Gasteiger partial charge on any atom is 0.266 e. The summed E-state index contributed by atoms with van der Waals surface area (Å²) < 4.78 is 40.7. The molecule has 0 saturated carbocycles. The molecule has 1 amide bonds. The Morgan fingerprint density at radius 2 is 2.06 bits per heavy atom. The van der Waals surface area contributed by atoms with E-state index in [-0.39, 0.29) is 22.4 Å². The number of amides is 1. The molecule has 11 heteroatoms. The Balaban J connectivity index is 1.56. The molecule has 2 aromatic heterocycles. The van der Waals surface area contributed by atoms with Crippen molar-refractivity contribution in [3.63, 3.8) is 0 Å². The van der Waals surface area contributed by atoms with E-state index in [4.69, 9.17) is 9.26 Å². The summed E-state index contributed by atoms with van der Waals surface area (Å²) >= 11 is 0. The molecule has 2 N–H and O–H groups in total. The first-order valence-corrected chi connectivity index (χ1v) is 11.8. The average Bonchev–Trinajstić information content (AvgIpc) is 3.44. The third kappa shape index (κ3) is 4.79. The second-order valence-corrected chi connectivity index (χ2v) is 9.19. The number of hydrogen-bond donors (Lipinski definition) is 2. The van der Waals surface area contributed by atoms with Crippen molar-refractivity contribution in [2.45, 2.75) is 24.9 Å². The monoisotopic (exact) mass is 481 g/mol. The van der Waals surface area contributed by atoms with Gasteiger partial charge in [0.15, 0.2) is 11.4 Å². The number of hydrogen-bond acceptors (Lipinski definition) is 7. The zero-order chi connectivity index (χ0) is 24.3. The van der Waals surface area contributed by atoms with Crippen LogP contribution in [-0.2, 0) is 27.9 Å². The molecule has 0 aliphatic heterocycles. The minimum absolute atomic E-state index is 0.00156. The van der Waals surface area contributed by atoms with Crippen LogP contribution in [0.1, 0.15) is 16.7 Å². The molecular formula is C23H23N5O5S. The molecule has 2 heterocycles. The van der Waals surface area contributed by atoms with Crippen molar-refractivity contribution in [2.24, 2.45) is 0 Å². The molecular weight excluding hydrogens is 458 g/mol. The van der Waals surface area contributed by atoms with Crippen LogP contribution in [0.3, 0.4) is 0 Å².